The van der Waals surface area contributed by atoms with Crippen molar-refractivity contribution in [1.82, 2.24) is 14.1 Å². The Morgan fingerprint density at radius 3 is 2.76 bits per heavy atom. The van der Waals surface area contributed by atoms with E-state index in [2.05, 4.69) is 10.4 Å². The van der Waals surface area contributed by atoms with Crippen molar-refractivity contribution in [2.45, 2.75) is 43.2 Å². The summed E-state index contributed by atoms with van der Waals surface area (Å²) in [6, 6.07) is 3.84. The number of nitrogens with zero attached hydrogens (tertiary/aromatic N) is 4. The van der Waals surface area contributed by atoms with E-state index in [1.807, 2.05) is 0 Å². The Bertz CT molecular complexity index is 994. The first-order valence-electron chi connectivity index (χ1n) is 9.63. The van der Waals surface area contributed by atoms with Crippen LogP contribution < -0.4 is 5.32 Å². The lowest BCUT2D eigenvalue weighted by molar-refractivity contribution is -0.385. The number of rotatable bonds is 7. The smallest absolute Gasteiger partial charge is 0.270 e. The van der Waals surface area contributed by atoms with E-state index in [-0.39, 0.29) is 16.7 Å². The molecule has 1 aromatic carbocycles. The molecule has 0 bridgehead atoms. The molecule has 29 heavy (non-hydrogen) atoms. The van der Waals surface area contributed by atoms with E-state index < -0.39 is 14.9 Å². The van der Waals surface area contributed by atoms with Crippen LogP contribution in [0.15, 0.2) is 35.5 Å². The molecule has 1 N–H and O–H groups in total. The van der Waals surface area contributed by atoms with Crippen LogP contribution in [0, 0.1) is 10.1 Å². The van der Waals surface area contributed by atoms with Gasteiger partial charge in [0.05, 0.1) is 35.1 Å². The average molecular weight is 421 g/mol. The molecule has 156 valence electrons. The average Bonchev–Trinajstić information content (AvgIpc) is 3.45. The number of benzene rings is 1. The van der Waals surface area contributed by atoms with Crippen molar-refractivity contribution in [2.75, 3.05) is 25.0 Å². The number of nitrogens with one attached hydrogen (secondary N) is 1. The predicted octanol–water partition coefficient (Wildman–Crippen LogP) is 2.50. The summed E-state index contributed by atoms with van der Waals surface area (Å²) in [5.41, 5.74) is 0.635. The number of hydrogen-bond acceptors (Lipinski definition) is 7. The first-order chi connectivity index (χ1) is 13.9. The molecule has 1 atom stereocenters. The quantitative estimate of drug-likeness (QED) is 0.539. The number of ether oxygens (including phenoxy) is 1. The van der Waals surface area contributed by atoms with Gasteiger partial charge in [0.15, 0.2) is 0 Å². The molecule has 2 fully saturated rings. The Hall–Kier alpha value is -2.50. The van der Waals surface area contributed by atoms with Crippen LogP contribution in [0.25, 0.3) is 0 Å². The maximum absolute atomic E-state index is 13.1. The Morgan fingerprint density at radius 1 is 1.28 bits per heavy atom. The summed E-state index contributed by atoms with van der Waals surface area (Å²) in [4.78, 5) is 10.5. The van der Waals surface area contributed by atoms with Gasteiger partial charge < -0.3 is 10.1 Å². The highest BCUT2D eigenvalue weighted by molar-refractivity contribution is 7.89. The summed E-state index contributed by atoms with van der Waals surface area (Å²) < 4.78 is 34.9. The number of non-ortho nitro benzene ring substituents is 1. The van der Waals surface area contributed by atoms with Gasteiger partial charge in [-0.15, -0.1) is 0 Å². The van der Waals surface area contributed by atoms with Crippen molar-refractivity contribution < 1.29 is 18.1 Å². The fourth-order valence-electron chi connectivity index (χ4n) is 3.69. The number of sulfonamides is 1. The SMILES string of the molecule is O=[N+]([O-])c1ccc(Nc2cnn(C[C@@H]3CCCO3)c2)c(S(=O)(=O)N2CCCC2)c1. The molecule has 0 radical (unpaired) electrons. The minimum Gasteiger partial charge on any atom is -0.376 e. The zero-order valence-electron chi connectivity index (χ0n) is 15.9. The maximum atomic E-state index is 13.1. The molecule has 2 saturated heterocycles. The highest BCUT2D eigenvalue weighted by atomic mass is 32.2. The summed E-state index contributed by atoms with van der Waals surface area (Å²) >= 11 is 0. The molecule has 0 spiro atoms. The third kappa shape index (κ3) is 4.26. The van der Waals surface area contributed by atoms with Crippen LogP contribution in [0.5, 0.6) is 0 Å². The van der Waals surface area contributed by atoms with Crippen LogP contribution in [-0.2, 0) is 21.3 Å². The van der Waals surface area contributed by atoms with E-state index in [1.54, 1.807) is 17.1 Å². The predicted molar refractivity (Wildman–Crippen MR) is 106 cm³/mol. The summed E-state index contributed by atoms with van der Waals surface area (Å²) in [6.45, 7) is 2.23. The fourth-order valence-corrected chi connectivity index (χ4v) is 5.37. The van der Waals surface area contributed by atoms with Crippen LogP contribution >= 0.6 is 0 Å². The lowest BCUT2D eigenvalue weighted by Crippen LogP contribution is -2.28. The Kier molecular flexibility index (Phi) is 5.52. The normalized spacial score (nSPS) is 20.2. The molecule has 1 aromatic heterocycles. The monoisotopic (exact) mass is 421 g/mol. The highest BCUT2D eigenvalue weighted by Crippen LogP contribution is 2.32. The lowest BCUT2D eigenvalue weighted by atomic mass is 10.2. The molecule has 0 aliphatic carbocycles. The highest BCUT2D eigenvalue weighted by Gasteiger charge is 2.31. The fraction of sp³-hybridized carbons (Fsp3) is 0.500. The third-order valence-electron chi connectivity index (χ3n) is 5.19. The van der Waals surface area contributed by atoms with Crippen molar-refractivity contribution in [2.24, 2.45) is 0 Å². The van der Waals surface area contributed by atoms with Gasteiger partial charge in [0.1, 0.15) is 4.90 Å². The summed E-state index contributed by atoms with van der Waals surface area (Å²) in [5.74, 6) is 0. The van der Waals surface area contributed by atoms with Gasteiger partial charge in [-0.2, -0.15) is 9.40 Å². The first-order valence-corrected chi connectivity index (χ1v) is 11.1. The number of nitro benzene ring substituents is 1. The summed E-state index contributed by atoms with van der Waals surface area (Å²) in [6.07, 6.45) is 7.10. The molecule has 0 unspecified atom stereocenters. The molecule has 10 nitrogen and oxygen atoms in total. The van der Waals surface area contributed by atoms with Gasteiger partial charge in [-0.25, -0.2) is 8.42 Å². The van der Waals surface area contributed by atoms with Crippen molar-refractivity contribution in [3.63, 3.8) is 0 Å². The zero-order chi connectivity index (χ0) is 20.4. The first kappa shape index (κ1) is 19.8. The molecular formula is C18H23N5O5S. The van der Waals surface area contributed by atoms with Crippen LogP contribution in [0.1, 0.15) is 25.7 Å². The lowest BCUT2D eigenvalue weighted by Gasteiger charge is -2.18. The van der Waals surface area contributed by atoms with Gasteiger partial charge in [0.25, 0.3) is 5.69 Å². The molecule has 3 heterocycles. The minimum atomic E-state index is -3.84. The van der Waals surface area contributed by atoms with Gasteiger partial charge in [0.2, 0.25) is 10.0 Å². The van der Waals surface area contributed by atoms with Crippen molar-refractivity contribution >= 4 is 27.1 Å². The Morgan fingerprint density at radius 2 is 2.07 bits per heavy atom. The van der Waals surface area contributed by atoms with E-state index in [9.17, 15) is 18.5 Å². The van der Waals surface area contributed by atoms with Crippen LogP contribution in [0.4, 0.5) is 17.1 Å². The number of aromatic nitrogens is 2. The molecule has 2 aliphatic rings. The second-order valence-electron chi connectivity index (χ2n) is 7.26. The van der Waals surface area contributed by atoms with E-state index >= 15 is 0 Å². The Labute approximate surface area is 168 Å². The van der Waals surface area contributed by atoms with Gasteiger partial charge in [0, 0.05) is 38.0 Å². The number of hydrogen-bond donors (Lipinski definition) is 1. The third-order valence-corrected chi connectivity index (χ3v) is 7.12. The standard InChI is InChI=1S/C18H23N5O5S/c24-23(25)15-5-6-17(18(10-15)29(26,27)22-7-1-2-8-22)20-14-11-19-21(12-14)13-16-4-3-9-28-16/h5-6,10-12,16,20H,1-4,7-9,13H2/t16-/m0/s1. The van der Waals surface area contributed by atoms with Gasteiger partial charge in [-0.3, -0.25) is 14.8 Å². The second-order valence-corrected chi connectivity index (χ2v) is 9.17. The molecule has 2 aromatic rings. The minimum absolute atomic E-state index is 0.0968. The summed E-state index contributed by atoms with van der Waals surface area (Å²) in [5, 5.41) is 18.5. The number of anilines is 2. The van der Waals surface area contributed by atoms with E-state index in [1.165, 1.54) is 16.4 Å². The second kappa shape index (κ2) is 8.09. The van der Waals surface area contributed by atoms with Crippen LogP contribution in [-0.4, -0.2) is 53.2 Å². The van der Waals surface area contributed by atoms with Gasteiger partial charge in [-0.05, 0) is 31.7 Å². The molecule has 0 amide bonds. The van der Waals surface area contributed by atoms with Crippen molar-refractivity contribution in [3.05, 3.63) is 40.7 Å². The maximum Gasteiger partial charge on any atom is 0.270 e. The molecule has 2 aliphatic heterocycles. The van der Waals surface area contributed by atoms with E-state index in [0.29, 0.717) is 31.0 Å². The molecule has 4 rings (SSSR count). The zero-order valence-corrected chi connectivity index (χ0v) is 16.7. The largest absolute Gasteiger partial charge is 0.376 e. The molecule has 11 heteroatoms. The topological polar surface area (TPSA) is 120 Å². The summed E-state index contributed by atoms with van der Waals surface area (Å²) in [7, 11) is -3.84. The number of nitro groups is 1. The van der Waals surface area contributed by atoms with Gasteiger partial charge in [-0.1, -0.05) is 0 Å². The van der Waals surface area contributed by atoms with Crippen molar-refractivity contribution in [1.29, 1.82) is 0 Å². The molecule has 0 saturated carbocycles. The molecular weight excluding hydrogens is 398 g/mol. The van der Waals surface area contributed by atoms with Gasteiger partial charge >= 0.3 is 0 Å². The van der Waals surface area contributed by atoms with E-state index in [0.717, 1.165) is 38.4 Å². The van der Waals surface area contributed by atoms with Crippen LogP contribution in [0.2, 0.25) is 0 Å². The van der Waals surface area contributed by atoms with Crippen LogP contribution in [0.3, 0.4) is 0 Å². The van der Waals surface area contributed by atoms with Crippen molar-refractivity contribution in [3.8, 4) is 0 Å². The Balaban J connectivity index is 1.61. The van der Waals surface area contributed by atoms with E-state index in [4.69, 9.17) is 4.74 Å².